The van der Waals surface area contributed by atoms with Crippen molar-refractivity contribution in [2.45, 2.75) is 44.8 Å². The molecule has 0 amide bonds. The first-order valence-corrected chi connectivity index (χ1v) is 12.1. The van der Waals surface area contributed by atoms with E-state index in [2.05, 4.69) is 24.3 Å². The van der Waals surface area contributed by atoms with E-state index in [0.29, 0.717) is 12.3 Å². The standard InChI is InChI=1S/C31H31NO4/c1-31(2,30(34)35)36-27-17-9-11-23(21-27)12-10-20-32-22-26(18-19-28(32)33)29(24-13-5-3-6-14-24)25-15-7-4-8-16-25/h3-9,11,13-19,21-22,29H,10,12,20H2,1-2H3,(H,34,35). The van der Waals surface area contributed by atoms with E-state index in [-0.39, 0.29) is 11.5 Å². The van der Waals surface area contributed by atoms with E-state index >= 15 is 0 Å². The molecule has 0 fully saturated rings. The molecule has 1 N–H and O–H groups in total. The number of nitrogens with zero attached hydrogens (tertiary/aromatic N) is 1. The summed E-state index contributed by atoms with van der Waals surface area (Å²) in [5.74, 6) is -0.463. The molecule has 3 aromatic carbocycles. The van der Waals surface area contributed by atoms with Gasteiger partial charge in [-0.3, -0.25) is 4.79 Å². The van der Waals surface area contributed by atoms with Crippen LogP contribution in [0.3, 0.4) is 0 Å². The molecule has 5 heteroatoms. The maximum atomic E-state index is 12.7. The van der Waals surface area contributed by atoms with Gasteiger partial charge in [0.25, 0.3) is 5.56 Å². The summed E-state index contributed by atoms with van der Waals surface area (Å²) in [7, 11) is 0. The van der Waals surface area contributed by atoms with Crippen molar-refractivity contribution in [3.05, 3.63) is 136 Å². The van der Waals surface area contributed by atoms with E-state index in [0.717, 1.165) is 24.0 Å². The van der Waals surface area contributed by atoms with E-state index in [1.807, 2.05) is 66.9 Å². The summed E-state index contributed by atoms with van der Waals surface area (Å²) in [5, 5.41) is 9.31. The fraction of sp³-hybridized carbons (Fsp3) is 0.226. The summed E-state index contributed by atoms with van der Waals surface area (Å²) < 4.78 is 7.44. The summed E-state index contributed by atoms with van der Waals surface area (Å²) in [5.41, 5.74) is 3.12. The number of hydrogen-bond donors (Lipinski definition) is 1. The van der Waals surface area contributed by atoms with Crippen LogP contribution in [0.4, 0.5) is 0 Å². The second-order valence-electron chi connectivity index (χ2n) is 9.42. The Hall–Kier alpha value is -4.12. The summed E-state index contributed by atoms with van der Waals surface area (Å²) in [6, 6.07) is 31.7. The highest BCUT2D eigenvalue weighted by molar-refractivity contribution is 5.76. The Morgan fingerprint density at radius 2 is 1.50 bits per heavy atom. The molecule has 184 valence electrons. The van der Waals surface area contributed by atoms with Gasteiger partial charge in [-0.1, -0.05) is 78.9 Å². The Labute approximate surface area is 211 Å². The van der Waals surface area contributed by atoms with Gasteiger partial charge in [-0.25, -0.2) is 4.79 Å². The molecule has 0 aliphatic heterocycles. The number of ether oxygens (including phenoxy) is 1. The number of benzene rings is 3. The lowest BCUT2D eigenvalue weighted by Crippen LogP contribution is -2.37. The van der Waals surface area contributed by atoms with Crippen LogP contribution in [0.25, 0.3) is 0 Å². The van der Waals surface area contributed by atoms with Gasteiger partial charge in [-0.2, -0.15) is 0 Å². The van der Waals surface area contributed by atoms with Crippen LogP contribution in [-0.2, 0) is 17.8 Å². The number of carboxylic acid groups (broad SMARTS) is 1. The Balaban J connectivity index is 1.51. The number of aryl methyl sites for hydroxylation is 2. The van der Waals surface area contributed by atoms with Crippen LogP contribution >= 0.6 is 0 Å². The minimum absolute atomic E-state index is 0.0288. The van der Waals surface area contributed by atoms with Gasteiger partial charge in [0.2, 0.25) is 0 Å². The lowest BCUT2D eigenvalue weighted by molar-refractivity contribution is -0.152. The van der Waals surface area contributed by atoms with Crippen molar-refractivity contribution in [1.29, 1.82) is 0 Å². The van der Waals surface area contributed by atoms with Gasteiger partial charge in [0.1, 0.15) is 5.75 Å². The maximum absolute atomic E-state index is 12.7. The average molecular weight is 482 g/mol. The van der Waals surface area contributed by atoms with Crippen LogP contribution < -0.4 is 10.3 Å². The van der Waals surface area contributed by atoms with Gasteiger partial charge < -0.3 is 14.4 Å². The monoisotopic (exact) mass is 481 g/mol. The van der Waals surface area contributed by atoms with Crippen LogP contribution in [0.1, 0.15) is 48.4 Å². The van der Waals surface area contributed by atoms with Gasteiger partial charge >= 0.3 is 5.97 Å². The number of hydrogen-bond acceptors (Lipinski definition) is 3. The number of aromatic nitrogens is 1. The minimum Gasteiger partial charge on any atom is -0.478 e. The van der Waals surface area contributed by atoms with Crippen molar-refractivity contribution in [2.24, 2.45) is 0 Å². The zero-order valence-electron chi connectivity index (χ0n) is 20.6. The molecule has 0 saturated carbocycles. The average Bonchev–Trinajstić information content (AvgIpc) is 2.87. The Kier molecular flexibility index (Phi) is 7.69. The topological polar surface area (TPSA) is 68.5 Å². The summed E-state index contributed by atoms with van der Waals surface area (Å²) in [6.07, 6.45) is 3.47. The molecular formula is C31H31NO4. The second kappa shape index (κ2) is 11.1. The molecule has 1 heterocycles. The molecular weight excluding hydrogens is 450 g/mol. The first kappa shape index (κ1) is 25.0. The molecule has 4 aromatic rings. The number of aliphatic carboxylic acids is 1. The Bertz CT molecular complexity index is 1320. The summed E-state index contributed by atoms with van der Waals surface area (Å²) >= 11 is 0. The molecule has 0 unspecified atom stereocenters. The zero-order chi connectivity index (χ0) is 25.5. The molecule has 0 spiro atoms. The molecule has 0 atom stereocenters. The quantitative estimate of drug-likeness (QED) is 0.306. The van der Waals surface area contributed by atoms with E-state index < -0.39 is 11.6 Å². The highest BCUT2D eigenvalue weighted by Crippen LogP contribution is 2.31. The van der Waals surface area contributed by atoms with Gasteiger partial charge in [0.05, 0.1) is 0 Å². The van der Waals surface area contributed by atoms with Crippen LogP contribution in [0.5, 0.6) is 5.75 Å². The highest BCUT2D eigenvalue weighted by Gasteiger charge is 2.29. The van der Waals surface area contributed by atoms with Crippen molar-refractivity contribution in [3.8, 4) is 5.75 Å². The van der Waals surface area contributed by atoms with Crippen LogP contribution in [0, 0.1) is 0 Å². The third kappa shape index (κ3) is 6.11. The van der Waals surface area contributed by atoms with E-state index in [9.17, 15) is 14.7 Å². The molecule has 5 nitrogen and oxygen atoms in total. The summed E-state index contributed by atoms with van der Waals surface area (Å²) in [6.45, 7) is 3.63. The minimum atomic E-state index is -1.31. The SMILES string of the molecule is CC(C)(Oc1cccc(CCCn2cc(C(c3ccccc3)c3ccccc3)ccc2=O)c1)C(=O)O. The van der Waals surface area contributed by atoms with E-state index in [4.69, 9.17) is 4.74 Å². The number of carbonyl (C=O) groups is 1. The van der Waals surface area contributed by atoms with Crippen molar-refractivity contribution < 1.29 is 14.6 Å². The lowest BCUT2D eigenvalue weighted by Gasteiger charge is -2.21. The van der Waals surface area contributed by atoms with Gasteiger partial charge in [-0.05, 0) is 61.1 Å². The number of carboxylic acids is 1. The normalized spacial score (nSPS) is 11.4. The van der Waals surface area contributed by atoms with Crippen molar-refractivity contribution in [1.82, 2.24) is 4.57 Å². The molecule has 1 aromatic heterocycles. The third-order valence-electron chi connectivity index (χ3n) is 6.26. The maximum Gasteiger partial charge on any atom is 0.347 e. The molecule has 4 rings (SSSR count). The predicted octanol–water partition coefficient (Wildman–Crippen LogP) is 5.90. The Morgan fingerprint density at radius 3 is 2.11 bits per heavy atom. The fourth-order valence-corrected chi connectivity index (χ4v) is 4.32. The molecule has 0 aliphatic carbocycles. The van der Waals surface area contributed by atoms with Crippen LogP contribution in [-0.4, -0.2) is 21.2 Å². The Morgan fingerprint density at radius 1 is 0.861 bits per heavy atom. The van der Waals surface area contributed by atoms with Gasteiger partial charge in [-0.15, -0.1) is 0 Å². The number of rotatable bonds is 10. The highest BCUT2D eigenvalue weighted by atomic mass is 16.5. The second-order valence-corrected chi connectivity index (χ2v) is 9.42. The van der Waals surface area contributed by atoms with E-state index in [1.165, 1.54) is 25.0 Å². The first-order valence-electron chi connectivity index (χ1n) is 12.1. The van der Waals surface area contributed by atoms with Crippen molar-refractivity contribution in [3.63, 3.8) is 0 Å². The predicted molar refractivity (Wildman–Crippen MR) is 142 cm³/mol. The van der Waals surface area contributed by atoms with Gasteiger partial charge in [0.15, 0.2) is 5.60 Å². The molecule has 0 radical (unpaired) electrons. The largest absolute Gasteiger partial charge is 0.478 e. The third-order valence-corrected chi connectivity index (χ3v) is 6.26. The molecule has 36 heavy (non-hydrogen) atoms. The number of pyridine rings is 1. The van der Waals surface area contributed by atoms with Gasteiger partial charge in [0, 0.05) is 24.7 Å². The van der Waals surface area contributed by atoms with Crippen LogP contribution in [0.15, 0.2) is 108 Å². The molecule has 0 bridgehead atoms. The van der Waals surface area contributed by atoms with Crippen LogP contribution in [0.2, 0.25) is 0 Å². The van der Waals surface area contributed by atoms with Crippen molar-refractivity contribution >= 4 is 5.97 Å². The smallest absolute Gasteiger partial charge is 0.347 e. The van der Waals surface area contributed by atoms with Crippen molar-refractivity contribution in [2.75, 3.05) is 0 Å². The van der Waals surface area contributed by atoms with E-state index in [1.54, 1.807) is 16.7 Å². The summed E-state index contributed by atoms with van der Waals surface area (Å²) in [4.78, 5) is 24.0. The lowest BCUT2D eigenvalue weighted by atomic mass is 9.86. The molecule has 0 aliphatic rings. The zero-order valence-corrected chi connectivity index (χ0v) is 20.6. The molecule has 0 saturated heterocycles. The first-order chi connectivity index (χ1) is 17.3. The fourth-order valence-electron chi connectivity index (χ4n) is 4.32.